The van der Waals surface area contributed by atoms with Crippen LogP contribution < -0.4 is 4.74 Å². The third-order valence-electron chi connectivity index (χ3n) is 1.05. The Morgan fingerprint density at radius 3 is 1.08 bits per heavy atom. The zero-order valence-electron chi connectivity index (χ0n) is 11.8. The molecule has 24 heavy (non-hydrogen) atoms. The van der Waals surface area contributed by atoms with Crippen LogP contribution in [-0.2, 0) is 0 Å². The predicted molar refractivity (Wildman–Crippen MR) is 68.2 cm³/mol. The normalized spacial score (nSPS) is 10.9. The van der Waals surface area contributed by atoms with E-state index in [9.17, 15) is 51.8 Å². The van der Waals surface area contributed by atoms with Gasteiger partial charge in [-0.05, 0) is 19.1 Å². The van der Waals surface area contributed by atoms with Crippen LogP contribution in [-0.4, -0.2) is 28.4 Å². The Balaban J connectivity index is -0.000000259. The molecule has 0 radical (unpaired) electrons. The molecular weight excluding hydrogens is 372 g/mol. The third-order valence-corrected chi connectivity index (χ3v) is 1.05. The standard InChI is InChI=1S/C8H10O.3BF4/c1-2-9-8-6-4-3-5-7-8;3*2-1(3,4)5/h3-7H,2H2,1H3;;;/q;3*-1. The van der Waals surface area contributed by atoms with E-state index >= 15 is 0 Å². The topological polar surface area (TPSA) is 9.23 Å². The third kappa shape index (κ3) is 87.0. The molecule has 1 aromatic carbocycles. The van der Waals surface area contributed by atoms with E-state index < -0.39 is 21.8 Å². The second kappa shape index (κ2) is 12.8. The van der Waals surface area contributed by atoms with Gasteiger partial charge in [0.2, 0.25) is 0 Å². The number of para-hydroxylation sites is 1. The molecule has 1 nitrogen and oxygen atoms in total. The molecule has 144 valence electrons. The van der Waals surface area contributed by atoms with Crippen LogP contribution in [0.25, 0.3) is 0 Å². The van der Waals surface area contributed by atoms with Gasteiger partial charge in [0.1, 0.15) is 5.75 Å². The van der Waals surface area contributed by atoms with Gasteiger partial charge < -0.3 is 56.5 Å². The van der Waals surface area contributed by atoms with Gasteiger partial charge in [-0.3, -0.25) is 0 Å². The van der Waals surface area contributed by atoms with Crippen molar-refractivity contribution in [1.29, 1.82) is 0 Å². The number of benzene rings is 1. The van der Waals surface area contributed by atoms with Gasteiger partial charge in [-0.15, -0.1) is 0 Å². The lowest BCUT2D eigenvalue weighted by Gasteiger charge is -1.99. The second-order valence-corrected chi connectivity index (χ2v) is 3.23. The number of rotatable bonds is 2. The molecule has 0 fully saturated rings. The first-order chi connectivity index (χ1) is 10.4. The molecule has 0 atom stereocenters. The lowest BCUT2D eigenvalue weighted by Crippen LogP contribution is -2.02. The van der Waals surface area contributed by atoms with Gasteiger partial charge in [-0.1, -0.05) is 18.2 Å². The van der Waals surface area contributed by atoms with Crippen molar-refractivity contribution >= 4 is 21.8 Å². The minimum Gasteiger partial charge on any atom is -0.494 e. The molecule has 16 heteroatoms. The highest BCUT2D eigenvalue weighted by Gasteiger charge is 2.21. The lowest BCUT2D eigenvalue weighted by atomic mass is 10.3. The largest absolute Gasteiger partial charge is 0.673 e. The Morgan fingerprint density at radius 1 is 0.625 bits per heavy atom. The molecule has 1 rings (SSSR count). The first-order valence-electron chi connectivity index (χ1n) is 5.73. The Labute approximate surface area is 129 Å². The molecule has 0 aromatic heterocycles. The summed E-state index contributed by atoms with van der Waals surface area (Å²) in [7, 11) is -18.0. The molecule has 0 bridgehead atoms. The lowest BCUT2D eigenvalue weighted by molar-refractivity contribution is 0.340. The molecule has 0 spiro atoms. The van der Waals surface area contributed by atoms with Crippen molar-refractivity contribution in [2.24, 2.45) is 0 Å². The Morgan fingerprint density at radius 2 is 0.875 bits per heavy atom. The van der Waals surface area contributed by atoms with E-state index in [2.05, 4.69) is 0 Å². The highest BCUT2D eigenvalue weighted by Crippen LogP contribution is 2.08. The van der Waals surface area contributed by atoms with Crippen LogP contribution in [0.2, 0.25) is 0 Å². The molecular formula is C8H10B3F12O-3. The van der Waals surface area contributed by atoms with E-state index in [0.29, 0.717) is 0 Å². The zero-order chi connectivity index (χ0) is 20.0. The molecule has 0 amide bonds. The van der Waals surface area contributed by atoms with E-state index in [1.807, 2.05) is 37.3 Å². The number of hydrogen-bond donors (Lipinski definition) is 0. The number of halogens is 12. The Kier molecular flexibility index (Phi) is 14.5. The fourth-order valence-electron chi connectivity index (χ4n) is 0.683. The van der Waals surface area contributed by atoms with Gasteiger partial charge in [0.15, 0.2) is 0 Å². The smallest absolute Gasteiger partial charge is 0.494 e. The van der Waals surface area contributed by atoms with Gasteiger partial charge in [-0.25, -0.2) is 0 Å². The SMILES string of the molecule is CCOc1ccccc1.F[B-](F)(F)F.F[B-](F)(F)F.F[B-](F)(F)F. The highest BCUT2D eigenvalue weighted by atomic mass is 19.5. The average Bonchev–Trinajstić information content (AvgIpc) is 2.23. The predicted octanol–water partition coefficient (Wildman–Crippen LogP) is 5.99. The van der Waals surface area contributed by atoms with E-state index in [-0.39, 0.29) is 0 Å². The van der Waals surface area contributed by atoms with Gasteiger partial charge >= 0.3 is 21.8 Å². The molecule has 0 N–H and O–H groups in total. The van der Waals surface area contributed by atoms with Gasteiger partial charge in [0, 0.05) is 0 Å². The van der Waals surface area contributed by atoms with Crippen LogP contribution in [0.5, 0.6) is 5.75 Å². The molecule has 0 saturated heterocycles. The van der Waals surface area contributed by atoms with Crippen LogP contribution in [0, 0.1) is 0 Å². The molecule has 0 saturated carbocycles. The maximum absolute atomic E-state index is 9.75. The first-order valence-corrected chi connectivity index (χ1v) is 5.73. The van der Waals surface area contributed by atoms with Crippen molar-refractivity contribution in [2.45, 2.75) is 6.92 Å². The van der Waals surface area contributed by atoms with Crippen molar-refractivity contribution in [2.75, 3.05) is 6.61 Å². The highest BCUT2D eigenvalue weighted by molar-refractivity contribution is 6.50. The van der Waals surface area contributed by atoms with Gasteiger partial charge in [0.25, 0.3) is 0 Å². The molecule has 0 aliphatic rings. The fraction of sp³-hybridized carbons (Fsp3) is 0.250. The fourth-order valence-corrected chi connectivity index (χ4v) is 0.683. The summed E-state index contributed by atoms with van der Waals surface area (Å²) in [5.41, 5.74) is 0. The van der Waals surface area contributed by atoms with Crippen LogP contribution in [0.4, 0.5) is 51.8 Å². The second-order valence-electron chi connectivity index (χ2n) is 3.23. The first kappa shape index (κ1) is 27.2. The van der Waals surface area contributed by atoms with Crippen molar-refractivity contribution in [3.05, 3.63) is 30.3 Å². The maximum atomic E-state index is 9.75. The summed E-state index contributed by atoms with van der Waals surface area (Å²) in [4.78, 5) is 0. The van der Waals surface area contributed by atoms with E-state index in [4.69, 9.17) is 4.74 Å². The molecule has 0 heterocycles. The van der Waals surface area contributed by atoms with E-state index in [0.717, 1.165) is 12.4 Å². The monoisotopic (exact) mass is 383 g/mol. The van der Waals surface area contributed by atoms with Gasteiger partial charge in [0.05, 0.1) is 6.61 Å². The number of hydrogen-bond acceptors (Lipinski definition) is 1. The van der Waals surface area contributed by atoms with Crippen molar-refractivity contribution in [1.82, 2.24) is 0 Å². The van der Waals surface area contributed by atoms with Crippen LogP contribution >= 0.6 is 0 Å². The van der Waals surface area contributed by atoms with Crippen LogP contribution in [0.15, 0.2) is 30.3 Å². The molecule has 1 aromatic rings. The molecule has 0 aliphatic heterocycles. The van der Waals surface area contributed by atoms with Crippen molar-refractivity contribution in [3.8, 4) is 5.75 Å². The van der Waals surface area contributed by atoms with Crippen molar-refractivity contribution < 1.29 is 56.5 Å². The maximum Gasteiger partial charge on any atom is 0.673 e. The minimum atomic E-state index is -6.00. The minimum absolute atomic E-state index is 0.740. The summed E-state index contributed by atoms with van der Waals surface area (Å²) >= 11 is 0. The average molecular weight is 383 g/mol. The van der Waals surface area contributed by atoms with E-state index in [1.54, 1.807) is 0 Å². The van der Waals surface area contributed by atoms with Crippen molar-refractivity contribution in [3.63, 3.8) is 0 Å². The molecule has 0 aliphatic carbocycles. The Bertz CT molecular complexity index is 343. The summed E-state index contributed by atoms with van der Waals surface area (Å²) in [6.07, 6.45) is 0. The summed E-state index contributed by atoms with van der Waals surface area (Å²) in [6.45, 7) is 2.72. The van der Waals surface area contributed by atoms with E-state index in [1.165, 1.54) is 0 Å². The summed E-state index contributed by atoms with van der Waals surface area (Å²) in [5, 5.41) is 0. The Hall–Kier alpha value is -1.63. The van der Waals surface area contributed by atoms with Crippen LogP contribution in [0.1, 0.15) is 6.92 Å². The summed E-state index contributed by atoms with van der Waals surface area (Å²) in [6, 6.07) is 9.80. The van der Waals surface area contributed by atoms with Gasteiger partial charge in [-0.2, -0.15) is 0 Å². The summed E-state index contributed by atoms with van der Waals surface area (Å²) in [5.74, 6) is 0.944. The van der Waals surface area contributed by atoms with Crippen LogP contribution in [0.3, 0.4) is 0 Å². The summed E-state index contributed by atoms with van der Waals surface area (Å²) < 4.78 is 122. The molecule has 0 unspecified atom stereocenters. The number of ether oxygens (including phenoxy) is 1. The quantitative estimate of drug-likeness (QED) is 0.451. The zero-order valence-corrected chi connectivity index (χ0v) is 11.8.